The maximum atomic E-state index is 12.8. The number of thioether (sulfide) groups is 1. The molecule has 1 unspecified atom stereocenters. The van der Waals surface area contributed by atoms with Gasteiger partial charge >= 0.3 is 0 Å². The summed E-state index contributed by atoms with van der Waals surface area (Å²) in [7, 11) is 1.95. The van der Waals surface area contributed by atoms with Crippen LogP contribution in [-0.2, 0) is 4.79 Å². The molecular formula is C15H30N2OS. The van der Waals surface area contributed by atoms with Gasteiger partial charge in [-0.1, -0.05) is 25.7 Å². The molecule has 1 fully saturated rings. The van der Waals surface area contributed by atoms with E-state index >= 15 is 0 Å². The third kappa shape index (κ3) is 4.38. The van der Waals surface area contributed by atoms with Crippen LogP contribution in [0.15, 0.2) is 0 Å². The number of rotatable bonds is 6. The lowest BCUT2D eigenvalue weighted by molar-refractivity contribution is -0.143. The molecule has 0 aromatic carbocycles. The fourth-order valence-corrected chi connectivity index (χ4v) is 3.54. The summed E-state index contributed by atoms with van der Waals surface area (Å²) in [5, 5.41) is 0. The van der Waals surface area contributed by atoms with Crippen molar-refractivity contribution in [2.45, 2.75) is 57.9 Å². The minimum atomic E-state index is -0.279. The molecule has 19 heavy (non-hydrogen) atoms. The van der Waals surface area contributed by atoms with Crippen molar-refractivity contribution in [3.63, 3.8) is 0 Å². The van der Waals surface area contributed by atoms with Gasteiger partial charge in [0.1, 0.15) is 0 Å². The smallest absolute Gasteiger partial charge is 0.230 e. The van der Waals surface area contributed by atoms with Gasteiger partial charge in [-0.05, 0) is 38.2 Å². The van der Waals surface area contributed by atoms with E-state index in [-0.39, 0.29) is 11.3 Å². The van der Waals surface area contributed by atoms with Crippen LogP contribution in [0.25, 0.3) is 0 Å². The Balaban J connectivity index is 2.70. The molecule has 1 aliphatic carbocycles. The van der Waals surface area contributed by atoms with Gasteiger partial charge in [-0.25, -0.2) is 0 Å². The van der Waals surface area contributed by atoms with E-state index in [0.717, 1.165) is 37.9 Å². The van der Waals surface area contributed by atoms with E-state index in [1.54, 1.807) is 0 Å². The fourth-order valence-electron chi connectivity index (χ4n) is 2.97. The Labute approximate surface area is 122 Å². The predicted molar refractivity (Wildman–Crippen MR) is 84.4 cm³/mol. The van der Waals surface area contributed by atoms with Gasteiger partial charge in [0.2, 0.25) is 5.91 Å². The highest BCUT2D eigenvalue weighted by Gasteiger charge is 2.39. The van der Waals surface area contributed by atoms with Gasteiger partial charge in [0, 0.05) is 19.6 Å². The third-order valence-electron chi connectivity index (χ3n) is 4.63. The van der Waals surface area contributed by atoms with Crippen molar-refractivity contribution in [2.24, 2.45) is 11.1 Å². The number of hydrogen-bond acceptors (Lipinski definition) is 3. The first-order valence-corrected chi connectivity index (χ1v) is 8.93. The molecule has 2 N–H and O–H groups in total. The largest absolute Gasteiger partial charge is 0.343 e. The molecule has 0 spiro atoms. The van der Waals surface area contributed by atoms with Gasteiger partial charge in [0.25, 0.3) is 0 Å². The van der Waals surface area contributed by atoms with Crippen molar-refractivity contribution < 1.29 is 4.79 Å². The molecule has 3 nitrogen and oxygen atoms in total. The summed E-state index contributed by atoms with van der Waals surface area (Å²) >= 11 is 1.84. The summed E-state index contributed by atoms with van der Waals surface area (Å²) in [6.07, 6.45) is 9.92. The molecular weight excluding hydrogens is 256 g/mol. The minimum absolute atomic E-state index is 0.279. The molecule has 4 heteroatoms. The Bertz CT molecular complexity index is 275. The zero-order valence-corrected chi connectivity index (χ0v) is 13.6. The molecule has 0 aromatic rings. The van der Waals surface area contributed by atoms with E-state index in [1.807, 2.05) is 23.7 Å². The van der Waals surface area contributed by atoms with E-state index < -0.39 is 0 Å². The van der Waals surface area contributed by atoms with Crippen LogP contribution >= 0.6 is 11.8 Å². The first kappa shape index (κ1) is 16.8. The minimum Gasteiger partial charge on any atom is -0.343 e. The van der Waals surface area contributed by atoms with Gasteiger partial charge in [-0.2, -0.15) is 11.8 Å². The van der Waals surface area contributed by atoms with E-state index in [4.69, 9.17) is 5.73 Å². The van der Waals surface area contributed by atoms with Crippen LogP contribution in [0, 0.1) is 5.41 Å². The van der Waals surface area contributed by atoms with E-state index in [9.17, 15) is 4.79 Å². The van der Waals surface area contributed by atoms with E-state index in [2.05, 4.69) is 13.2 Å². The summed E-state index contributed by atoms with van der Waals surface area (Å²) in [4.78, 5) is 14.8. The number of amides is 1. The maximum Gasteiger partial charge on any atom is 0.230 e. The van der Waals surface area contributed by atoms with Crippen LogP contribution in [0.5, 0.6) is 0 Å². The molecule has 1 aliphatic rings. The standard InChI is InChI=1S/C15H30N2OS/c1-13(8-11-19-3)17(2)14(18)15(12-16)9-6-4-5-7-10-15/h13H,4-12,16H2,1-3H3. The van der Waals surface area contributed by atoms with Crippen molar-refractivity contribution in [3.05, 3.63) is 0 Å². The Hall–Kier alpha value is -0.220. The second kappa shape index (κ2) is 8.15. The second-order valence-corrected chi connectivity index (χ2v) is 6.93. The lowest BCUT2D eigenvalue weighted by atomic mass is 9.78. The van der Waals surface area contributed by atoms with Gasteiger partial charge in [0.15, 0.2) is 0 Å². The molecule has 1 saturated carbocycles. The molecule has 1 atom stereocenters. The summed E-state index contributed by atoms with van der Waals surface area (Å²) < 4.78 is 0. The van der Waals surface area contributed by atoms with E-state index in [0.29, 0.717) is 12.6 Å². The molecule has 0 radical (unpaired) electrons. The molecule has 0 aromatic heterocycles. The average molecular weight is 286 g/mol. The molecule has 0 saturated heterocycles. The molecule has 1 rings (SSSR count). The number of nitrogens with zero attached hydrogens (tertiary/aromatic N) is 1. The van der Waals surface area contributed by atoms with Crippen LogP contribution in [0.4, 0.5) is 0 Å². The van der Waals surface area contributed by atoms with Gasteiger partial charge in [-0.15, -0.1) is 0 Å². The lowest BCUT2D eigenvalue weighted by Gasteiger charge is -2.37. The van der Waals surface area contributed by atoms with Gasteiger partial charge in [0.05, 0.1) is 5.41 Å². The third-order valence-corrected chi connectivity index (χ3v) is 5.27. The average Bonchev–Trinajstić information content (AvgIpc) is 2.69. The lowest BCUT2D eigenvalue weighted by Crippen LogP contribution is -2.49. The maximum absolute atomic E-state index is 12.8. The van der Waals surface area contributed by atoms with Crippen LogP contribution in [0.3, 0.4) is 0 Å². The Morgan fingerprint density at radius 1 is 1.32 bits per heavy atom. The van der Waals surface area contributed by atoms with Crippen molar-refractivity contribution in [1.29, 1.82) is 0 Å². The Morgan fingerprint density at radius 3 is 2.37 bits per heavy atom. The first-order chi connectivity index (χ1) is 9.07. The second-order valence-electron chi connectivity index (χ2n) is 5.95. The Morgan fingerprint density at radius 2 is 1.89 bits per heavy atom. The first-order valence-electron chi connectivity index (χ1n) is 7.53. The highest BCUT2D eigenvalue weighted by atomic mass is 32.2. The molecule has 0 heterocycles. The summed E-state index contributed by atoms with van der Waals surface area (Å²) in [6.45, 7) is 2.65. The van der Waals surface area contributed by atoms with Crippen LogP contribution < -0.4 is 5.73 Å². The normalized spacial score (nSPS) is 20.6. The van der Waals surface area contributed by atoms with Gasteiger partial charge in [-0.3, -0.25) is 4.79 Å². The number of nitrogens with two attached hydrogens (primary N) is 1. The fraction of sp³-hybridized carbons (Fsp3) is 0.933. The van der Waals surface area contributed by atoms with Crippen molar-refractivity contribution in [3.8, 4) is 0 Å². The summed E-state index contributed by atoms with van der Waals surface area (Å²) in [5.74, 6) is 1.39. The highest BCUT2D eigenvalue weighted by Crippen LogP contribution is 2.36. The van der Waals surface area contributed by atoms with Crippen molar-refractivity contribution >= 4 is 17.7 Å². The predicted octanol–water partition coefficient (Wildman–Crippen LogP) is 2.89. The zero-order chi connectivity index (χ0) is 14.3. The molecule has 0 bridgehead atoms. The number of hydrogen-bond donors (Lipinski definition) is 1. The van der Waals surface area contributed by atoms with Crippen LogP contribution in [0.1, 0.15) is 51.9 Å². The van der Waals surface area contributed by atoms with Gasteiger partial charge < -0.3 is 10.6 Å². The number of carbonyl (C=O) groups excluding carboxylic acids is 1. The van der Waals surface area contributed by atoms with Crippen LogP contribution in [0.2, 0.25) is 0 Å². The Kier molecular flexibility index (Phi) is 7.22. The van der Waals surface area contributed by atoms with Crippen molar-refractivity contribution in [1.82, 2.24) is 4.90 Å². The topological polar surface area (TPSA) is 46.3 Å². The number of carbonyl (C=O) groups is 1. The quantitative estimate of drug-likeness (QED) is 0.764. The van der Waals surface area contributed by atoms with E-state index in [1.165, 1.54) is 12.8 Å². The SMILES string of the molecule is CSCCC(C)N(C)C(=O)C1(CN)CCCCCC1. The summed E-state index contributed by atoms with van der Waals surface area (Å²) in [5.41, 5.74) is 5.72. The monoisotopic (exact) mass is 286 g/mol. The van der Waals surface area contributed by atoms with Crippen molar-refractivity contribution in [2.75, 3.05) is 25.6 Å². The molecule has 1 amide bonds. The zero-order valence-electron chi connectivity index (χ0n) is 12.8. The summed E-state index contributed by atoms with van der Waals surface area (Å²) in [6, 6.07) is 0.312. The molecule has 0 aliphatic heterocycles. The highest BCUT2D eigenvalue weighted by molar-refractivity contribution is 7.98. The molecule has 112 valence electrons. The van der Waals surface area contributed by atoms with Crippen LogP contribution in [-0.4, -0.2) is 42.4 Å².